The molecule has 1 saturated heterocycles. The highest BCUT2D eigenvalue weighted by atomic mass is 32.2. The number of urea groups is 1. The molecule has 2 aliphatic rings. The Kier molecular flexibility index (Phi) is 3.89. The Morgan fingerprint density at radius 1 is 1.35 bits per heavy atom. The van der Waals surface area contributed by atoms with Crippen LogP contribution in [-0.4, -0.2) is 57.5 Å². The molecule has 5 nitrogen and oxygen atoms in total. The highest BCUT2D eigenvalue weighted by Crippen LogP contribution is 2.26. The van der Waals surface area contributed by atoms with E-state index in [4.69, 9.17) is 0 Å². The van der Waals surface area contributed by atoms with E-state index in [1.165, 1.54) is 15.3 Å². The Morgan fingerprint density at radius 3 is 3.00 bits per heavy atom. The summed E-state index contributed by atoms with van der Waals surface area (Å²) in [6.45, 7) is 1.81. The molecule has 108 valence electrons. The molecular formula is C13H16N2O3S2. The fourth-order valence-electron chi connectivity index (χ4n) is 2.63. The van der Waals surface area contributed by atoms with Crippen molar-refractivity contribution in [3.8, 4) is 0 Å². The van der Waals surface area contributed by atoms with Gasteiger partial charge in [0.05, 0.1) is 0 Å². The fraction of sp³-hybridized carbons (Fsp3) is 0.538. The van der Waals surface area contributed by atoms with Gasteiger partial charge in [0.1, 0.15) is 6.04 Å². The fourth-order valence-corrected chi connectivity index (χ4v) is 4.56. The molecule has 3 heterocycles. The minimum Gasteiger partial charge on any atom is -0.480 e. The van der Waals surface area contributed by atoms with Crippen LogP contribution in [0.25, 0.3) is 0 Å². The van der Waals surface area contributed by atoms with Crippen molar-refractivity contribution in [2.75, 3.05) is 24.6 Å². The molecule has 1 atom stereocenters. The number of aliphatic carboxylic acids is 1. The van der Waals surface area contributed by atoms with Crippen LogP contribution in [0.4, 0.5) is 4.79 Å². The van der Waals surface area contributed by atoms with Crippen LogP contribution in [0.2, 0.25) is 0 Å². The highest BCUT2D eigenvalue weighted by Gasteiger charge is 2.35. The quantitative estimate of drug-likeness (QED) is 0.858. The molecule has 0 saturated carbocycles. The number of carbonyl (C=O) groups excluding carboxylic acids is 1. The Labute approximate surface area is 125 Å². The standard InChI is InChI=1S/C13H16N2O3S2/c16-12(17)10-8-19-6-4-15(10)13(18)14-3-1-11-9(7-14)2-5-20-11/h2,5,10H,1,3-4,6-8H2,(H,16,17). The van der Waals surface area contributed by atoms with Gasteiger partial charge in [-0.2, -0.15) is 11.8 Å². The second-order valence-corrected chi connectivity index (χ2v) is 7.10. The number of thiophene rings is 1. The van der Waals surface area contributed by atoms with Gasteiger partial charge in [-0.15, -0.1) is 11.3 Å². The number of hydrogen-bond donors (Lipinski definition) is 1. The first-order valence-electron chi connectivity index (χ1n) is 6.58. The summed E-state index contributed by atoms with van der Waals surface area (Å²) >= 11 is 3.33. The maximum Gasteiger partial charge on any atom is 0.327 e. The first-order chi connectivity index (χ1) is 9.66. The molecule has 1 fully saturated rings. The largest absolute Gasteiger partial charge is 0.480 e. The third-order valence-corrected chi connectivity index (χ3v) is 5.78. The summed E-state index contributed by atoms with van der Waals surface area (Å²) in [4.78, 5) is 28.5. The van der Waals surface area contributed by atoms with Crippen molar-refractivity contribution in [3.63, 3.8) is 0 Å². The van der Waals surface area contributed by atoms with Crippen LogP contribution in [0.15, 0.2) is 11.4 Å². The Bertz CT molecular complexity index is 531. The summed E-state index contributed by atoms with van der Waals surface area (Å²) in [5.74, 6) is 0.393. The van der Waals surface area contributed by atoms with Gasteiger partial charge in [0.15, 0.2) is 0 Å². The minimum atomic E-state index is -0.904. The van der Waals surface area contributed by atoms with Crippen molar-refractivity contribution >= 4 is 35.1 Å². The molecule has 0 aromatic carbocycles. The topological polar surface area (TPSA) is 60.9 Å². The highest BCUT2D eigenvalue weighted by molar-refractivity contribution is 7.99. The van der Waals surface area contributed by atoms with E-state index in [9.17, 15) is 14.7 Å². The molecule has 1 aromatic rings. The number of thioether (sulfide) groups is 1. The third-order valence-electron chi connectivity index (χ3n) is 3.74. The van der Waals surface area contributed by atoms with Gasteiger partial charge in [0.25, 0.3) is 0 Å². The van der Waals surface area contributed by atoms with Crippen molar-refractivity contribution in [1.82, 2.24) is 9.80 Å². The number of fused-ring (bicyclic) bond motifs is 1. The molecule has 2 aliphatic heterocycles. The summed E-state index contributed by atoms with van der Waals surface area (Å²) < 4.78 is 0. The molecule has 20 heavy (non-hydrogen) atoms. The van der Waals surface area contributed by atoms with Crippen molar-refractivity contribution in [2.45, 2.75) is 19.0 Å². The third kappa shape index (κ3) is 2.52. The van der Waals surface area contributed by atoms with Crippen molar-refractivity contribution in [1.29, 1.82) is 0 Å². The summed E-state index contributed by atoms with van der Waals surface area (Å²) in [5.41, 5.74) is 1.20. The summed E-state index contributed by atoms with van der Waals surface area (Å²) in [6, 6.07) is 1.24. The zero-order valence-corrected chi connectivity index (χ0v) is 12.6. The molecule has 1 aromatic heterocycles. The van der Waals surface area contributed by atoms with Gasteiger partial charge >= 0.3 is 12.0 Å². The SMILES string of the molecule is O=C(O)C1CSCCN1C(=O)N1CCc2sccc2C1. The zero-order chi connectivity index (χ0) is 14.1. The molecule has 0 aliphatic carbocycles. The van der Waals surface area contributed by atoms with Crippen LogP contribution in [0, 0.1) is 0 Å². The van der Waals surface area contributed by atoms with Crippen molar-refractivity contribution in [3.05, 3.63) is 21.9 Å². The molecule has 7 heteroatoms. The zero-order valence-electron chi connectivity index (χ0n) is 10.9. The predicted octanol–water partition coefficient (Wildman–Crippen LogP) is 1.73. The summed E-state index contributed by atoms with van der Waals surface area (Å²) in [7, 11) is 0. The van der Waals surface area contributed by atoms with Crippen LogP contribution in [0.1, 0.15) is 10.4 Å². The van der Waals surface area contributed by atoms with Crippen molar-refractivity contribution in [2.24, 2.45) is 0 Å². The van der Waals surface area contributed by atoms with Gasteiger partial charge < -0.3 is 14.9 Å². The minimum absolute atomic E-state index is 0.130. The second-order valence-electron chi connectivity index (χ2n) is 4.95. The number of rotatable bonds is 1. The smallest absolute Gasteiger partial charge is 0.327 e. The van der Waals surface area contributed by atoms with Crippen LogP contribution < -0.4 is 0 Å². The number of nitrogens with zero attached hydrogens (tertiary/aromatic N) is 2. The second kappa shape index (κ2) is 5.65. The maximum absolute atomic E-state index is 12.6. The number of carboxylic acid groups (broad SMARTS) is 1. The van der Waals surface area contributed by atoms with E-state index >= 15 is 0 Å². The summed E-state index contributed by atoms with van der Waals surface area (Å²) in [5, 5.41) is 11.3. The van der Waals surface area contributed by atoms with E-state index in [-0.39, 0.29) is 6.03 Å². The molecule has 1 N–H and O–H groups in total. The lowest BCUT2D eigenvalue weighted by Gasteiger charge is -2.38. The van der Waals surface area contributed by atoms with E-state index in [0.717, 1.165) is 12.2 Å². The van der Waals surface area contributed by atoms with E-state index in [2.05, 4.69) is 11.4 Å². The molecule has 0 radical (unpaired) electrons. The lowest BCUT2D eigenvalue weighted by molar-refractivity contribution is -0.141. The average molecular weight is 312 g/mol. The monoisotopic (exact) mass is 312 g/mol. The number of amides is 2. The molecule has 3 rings (SSSR count). The van der Waals surface area contributed by atoms with E-state index in [1.54, 1.807) is 28.0 Å². The number of carboxylic acids is 1. The molecule has 1 unspecified atom stereocenters. The molecule has 0 spiro atoms. The van der Waals surface area contributed by atoms with Crippen LogP contribution in [0.3, 0.4) is 0 Å². The van der Waals surface area contributed by atoms with Gasteiger partial charge in [-0.25, -0.2) is 9.59 Å². The number of carbonyl (C=O) groups is 2. The Balaban J connectivity index is 1.73. The maximum atomic E-state index is 12.6. The van der Waals surface area contributed by atoms with Crippen LogP contribution >= 0.6 is 23.1 Å². The normalized spacial score (nSPS) is 22.5. The van der Waals surface area contributed by atoms with Gasteiger partial charge in [0, 0.05) is 36.0 Å². The summed E-state index contributed by atoms with van der Waals surface area (Å²) in [6.07, 6.45) is 0.874. The Morgan fingerprint density at radius 2 is 2.20 bits per heavy atom. The first kappa shape index (κ1) is 13.8. The Hall–Kier alpha value is -1.21. The van der Waals surface area contributed by atoms with Crippen LogP contribution in [-0.2, 0) is 17.8 Å². The first-order valence-corrected chi connectivity index (χ1v) is 8.61. The van der Waals surface area contributed by atoms with E-state index < -0.39 is 12.0 Å². The van der Waals surface area contributed by atoms with Gasteiger partial charge in [0.2, 0.25) is 0 Å². The van der Waals surface area contributed by atoms with E-state index in [0.29, 0.717) is 25.4 Å². The molecule has 2 amide bonds. The van der Waals surface area contributed by atoms with Gasteiger partial charge in [-0.1, -0.05) is 0 Å². The van der Waals surface area contributed by atoms with Gasteiger partial charge in [-0.05, 0) is 23.4 Å². The molecular weight excluding hydrogens is 296 g/mol. The lowest BCUT2D eigenvalue weighted by Crippen LogP contribution is -2.55. The lowest BCUT2D eigenvalue weighted by atomic mass is 10.1. The predicted molar refractivity (Wildman–Crippen MR) is 79.3 cm³/mol. The molecule has 0 bridgehead atoms. The average Bonchev–Trinajstić information content (AvgIpc) is 2.93. The van der Waals surface area contributed by atoms with E-state index in [1.807, 2.05) is 0 Å². The van der Waals surface area contributed by atoms with Gasteiger partial charge in [-0.3, -0.25) is 0 Å². The van der Waals surface area contributed by atoms with Crippen molar-refractivity contribution < 1.29 is 14.7 Å². The number of hydrogen-bond acceptors (Lipinski definition) is 4. The van der Waals surface area contributed by atoms with Crippen LogP contribution in [0.5, 0.6) is 0 Å².